The summed E-state index contributed by atoms with van der Waals surface area (Å²) < 4.78 is 27.3. The highest BCUT2D eigenvalue weighted by atomic mass is 35.5. The molecule has 208 valence electrons. The van der Waals surface area contributed by atoms with Gasteiger partial charge in [0.1, 0.15) is 0 Å². The lowest BCUT2D eigenvalue weighted by Gasteiger charge is -2.49. The van der Waals surface area contributed by atoms with Crippen molar-refractivity contribution in [3.8, 4) is 0 Å². The van der Waals surface area contributed by atoms with Gasteiger partial charge in [-0.15, -0.1) is 5.11 Å². The molecule has 0 bridgehead atoms. The van der Waals surface area contributed by atoms with Crippen molar-refractivity contribution < 1.29 is 18.0 Å². The second-order valence-electron chi connectivity index (χ2n) is 9.95. The fourth-order valence-corrected chi connectivity index (χ4v) is 6.63. The normalized spacial score (nSPS) is 24.5. The molecule has 1 saturated carbocycles. The molecule has 13 heteroatoms. The predicted octanol–water partition coefficient (Wildman–Crippen LogP) is 3.29. The van der Waals surface area contributed by atoms with Crippen molar-refractivity contribution in [1.29, 1.82) is 5.53 Å². The molecule has 11 nitrogen and oxygen atoms in total. The number of fused-ring (bicyclic) bond motifs is 1. The molecule has 1 aliphatic heterocycles. The van der Waals surface area contributed by atoms with E-state index in [1.807, 2.05) is 0 Å². The molecule has 0 saturated heterocycles. The number of rotatable bonds is 7. The van der Waals surface area contributed by atoms with E-state index < -0.39 is 46.0 Å². The smallest absolute Gasteiger partial charge is 0.255 e. The number of nitrogens with one attached hydrogen (secondary N) is 3. The van der Waals surface area contributed by atoms with Crippen LogP contribution in [0.5, 0.6) is 0 Å². The molecule has 1 heterocycles. The number of hydrazone groups is 1. The van der Waals surface area contributed by atoms with Crippen LogP contribution in [0.25, 0.3) is 0 Å². The van der Waals surface area contributed by atoms with Gasteiger partial charge in [-0.2, -0.15) is 5.10 Å². The van der Waals surface area contributed by atoms with Crippen LogP contribution in [0.2, 0.25) is 5.02 Å². The zero-order valence-electron chi connectivity index (χ0n) is 21.7. The number of amides is 2. The van der Waals surface area contributed by atoms with Crippen molar-refractivity contribution in [2.75, 3.05) is 6.26 Å². The molecule has 2 unspecified atom stereocenters. The van der Waals surface area contributed by atoms with Gasteiger partial charge < -0.3 is 16.1 Å². The lowest BCUT2D eigenvalue weighted by atomic mass is 9.76. The Bertz CT molecular complexity index is 1380. The van der Waals surface area contributed by atoms with E-state index in [1.165, 1.54) is 0 Å². The van der Waals surface area contributed by atoms with Crippen LogP contribution in [0, 0.1) is 5.53 Å². The van der Waals surface area contributed by atoms with Crippen LogP contribution >= 0.6 is 11.6 Å². The summed E-state index contributed by atoms with van der Waals surface area (Å²) in [7, 11) is -3.56. The molecule has 0 radical (unpaired) electrons. The summed E-state index contributed by atoms with van der Waals surface area (Å²) in [5.74, 6) is 3.73. The summed E-state index contributed by atoms with van der Waals surface area (Å²) in [5.41, 5.74) is 8.91. The minimum absolute atomic E-state index is 0.0619. The topological polar surface area (TPSA) is 170 Å². The third kappa shape index (κ3) is 6.13. The van der Waals surface area contributed by atoms with E-state index in [2.05, 4.69) is 20.3 Å². The van der Waals surface area contributed by atoms with Crippen LogP contribution in [0.4, 0.5) is 0 Å². The molecule has 2 aromatic rings. The third-order valence-electron chi connectivity index (χ3n) is 7.32. The minimum Gasteiger partial charge on any atom is -0.346 e. The maximum absolute atomic E-state index is 14.2. The molecule has 2 amide bonds. The summed E-state index contributed by atoms with van der Waals surface area (Å²) in [6, 6.07) is 11.3. The quantitative estimate of drug-likeness (QED) is 0.131. The number of nitrogens with zero attached hydrogens (tertiary/aromatic N) is 3. The number of hydrogen-bond donors (Lipinski definition) is 4. The molecule has 1 aliphatic carbocycles. The average molecular weight is 574 g/mol. The lowest BCUT2D eigenvalue weighted by molar-refractivity contribution is -0.124. The van der Waals surface area contributed by atoms with E-state index in [0.717, 1.165) is 19.1 Å². The van der Waals surface area contributed by atoms with E-state index in [0.29, 0.717) is 34.6 Å². The first kappa shape index (κ1) is 28.7. The molecule has 39 heavy (non-hydrogen) atoms. The van der Waals surface area contributed by atoms with Crippen LogP contribution in [0.3, 0.4) is 0 Å². The highest BCUT2D eigenvalue weighted by Crippen LogP contribution is 2.46. The summed E-state index contributed by atoms with van der Waals surface area (Å²) in [5, 5.41) is 10.1. The Hall–Kier alpha value is -3.35. The van der Waals surface area contributed by atoms with Gasteiger partial charge in [0.25, 0.3) is 5.91 Å². The Morgan fingerprint density at radius 2 is 1.82 bits per heavy atom. The predicted molar refractivity (Wildman–Crippen MR) is 148 cm³/mol. The van der Waals surface area contributed by atoms with Gasteiger partial charge in [0, 0.05) is 22.7 Å². The number of halogens is 1. The SMILES string of the molecule is CC(NC(=O)[C@@H]1c2ccccc2C(=O)N(C2CCCC[C@@H]2NS(C)(=O)=O)[C@H]1c1ccc(Cl)cc1)C(N=N)=NN. The molecule has 5 N–H and O–H groups in total. The van der Waals surface area contributed by atoms with E-state index in [1.54, 1.807) is 60.4 Å². The second kappa shape index (κ2) is 11.8. The molecule has 4 rings (SSSR count). The Morgan fingerprint density at radius 1 is 1.15 bits per heavy atom. The van der Waals surface area contributed by atoms with Crippen LogP contribution in [0.15, 0.2) is 58.7 Å². The zero-order chi connectivity index (χ0) is 28.3. The van der Waals surface area contributed by atoms with Crippen molar-refractivity contribution in [2.24, 2.45) is 16.1 Å². The van der Waals surface area contributed by atoms with Gasteiger partial charge in [0.15, 0.2) is 5.84 Å². The van der Waals surface area contributed by atoms with E-state index in [-0.39, 0.29) is 11.7 Å². The van der Waals surface area contributed by atoms with Gasteiger partial charge in [0.05, 0.1) is 24.3 Å². The summed E-state index contributed by atoms with van der Waals surface area (Å²) in [6.07, 6.45) is 3.85. The van der Waals surface area contributed by atoms with Crippen molar-refractivity contribution >= 4 is 39.3 Å². The van der Waals surface area contributed by atoms with Crippen molar-refractivity contribution in [3.63, 3.8) is 0 Å². The van der Waals surface area contributed by atoms with Gasteiger partial charge in [-0.3, -0.25) is 9.59 Å². The number of sulfonamides is 1. The Kier molecular flexibility index (Phi) is 8.67. The number of amidine groups is 1. The Labute approximate surface area is 232 Å². The van der Waals surface area contributed by atoms with Crippen LogP contribution in [0.1, 0.15) is 66.1 Å². The first-order chi connectivity index (χ1) is 18.6. The standard InChI is InChI=1S/C26H32ClN7O4S/c1-15(24(31-28)32-29)30-25(35)22-18-7-3-4-8-19(18)26(36)34(23(22)16-11-13-17(27)14-12-16)21-10-6-5-9-20(21)33-39(2,37)38/h3-4,7-8,11-15,20-23,28,33H,5-6,9-10,29H2,1-2H3,(H,30,35)/t15?,20-,21?,22+,23-/m0/s1. The molecule has 0 aromatic heterocycles. The fraction of sp³-hybridized carbons (Fsp3) is 0.423. The molecule has 5 atom stereocenters. The third-order valence-corrected chi connectivity index (χ3v) is 8.30. The average Bonchev–Trinajstić information content (AvgIpc) is 2.89. The van der Waals surface area contributed by atoms with Gasteiger partial charge in [-0.1, -0.05) is 54.8 Å². The summed E-state index contributed by atoms with van der Waals surface area (Å²) in [6.45, 7) is 1.61. The summed E-state index contributed by atoms with van der Waals surface area (Å²) >= 11 is 6.19. The molecular formula is C26H32ClN7O4S. The number of hydrogen-bond acceptors (Lipinski definition) is 7. The van der Waals surface area contributed by atoms with Crippen molar-refractivity contribution in [3.05, 3.63) is 70.2 Å². The maximum atomic E-state index is 14.2. The zero-order valence-corrected chi connectivity index (χ0v) is 23.2. The van der Waals surface area contributed by atoms with E-state index >= 15 is 0 Å². The highest BCUT2D eigenvalue weighted by Gasteiger charge is 2.49. The first-order valence-electron chi connectivity index (χ1n) is 12.7. The van der Waals surface area contributed by atoms with Crippen LogP contribution in [-0.2, 0) is 14.8 Å². The number of benzene rings is 2. The van der Waals surface area contributed by atoms with Crippen molar-refractivity contribution in [1.82, 2.24) is 14.9 Å². The van der Waals surface area contributed by atoms with Gasteiger partial charge in [0.2, 0.25) is 15.9 Å². The minimum atomic E-state index is -3.56. The van der Waals surface area contributed by atoms with Crippen LogP contribution in [-0.4, -0.2) is 55.3 Å². The Balaban J connectivity index is 1.89. The van der Waals surface area contributed by atoms with Gasteiger partial charge >= 0.3 is 0 Å². The van der Waals surface area contributed by atoms with Crippen molar-refractivity contribution in [2.45, 2.75) is 62.7 Å². The van der Waals surface area contributed by atoms with E-state index in [4.69, 9.17) is 23.0 Å². The molecular weight excluding hydrogens is 542 g/mol. The molecule has 2 aromatic carbocycles. The summed E-state index contributed by atoms with van der Waals surface area (Å²) in [4.78, 5) is 29.9. The van der Waals surface area contributed by atoms with Gasteiger partial charge in [-0.25, -0.2) is 18.7 Å². The fourth-order valence-electron chi connectivity index (χ4n) is 5.68. The number of nitrogens with two attached hydrogens (primary N) is 1. The first-order valence-corrected chi connectivity index (χ1v) is 14.9. The Morgan fingerprint density at radius 3 is 2.46 bits per heavy atom. The number of carbonyl (C=O) groups excluding carboxylic acids is 2. The maximum Gasteiger partial charge on any atom is 0.255 e. The second-order valence-corrected chi connectivity index (χ2v) is 12.2. The lowest BCUT2D eigenvalue weighted by Crippen LogP contribution is -2.59. The molecule has 0 spiro atoms. The largest absolute Gasteiger partial charge is 0.346 e. The van der Waals surface area contributed by atoms with Crippen LogP contribution < -0.4 is 15.9 Å². The highest BCUT2D eigenvalue weighted by molar-refractivity contribution is 7.88. The molecule has 1 fully saturated rings. The van der Waals surface area contributed by atoms with Gasteiger partial charge in [-0.05, 0) is 49.1 Å². The number of carbonyl (C=O) groups is 2. The monoisotopic (exact) mass is 573 g/mol. The molecule has 2 aliphatic rings. The van der Waals surface area contributed by atoms with E-state index in [9.17, 15) is 18.0 Å².